The molecule has 0 aliphatic carbocycles. The molecule has 2 saturated heterocycles. The monoisotopic (exact) mass is 554 g/mol. The molecule has 2 N–H and O–H groups in total. The summed E-state index contributed by atoms with van der Waals surface area (Å²) >= 11 is 0. The number of benzene rings is 1. The van der Waals surface area contributed by atoms with Crippen LogP contribution in [0.3, 0.4) is 0 Å². The number of amides is 2. The van der Waals surface area contributed by atoms with Crippen molar-refractivity contribution in [3.05, 3.63) is 36.0 Å². The Labute approximate surface area is 238 Å². The molecular formula is C30H46N6O4. The van der Waals surface area contributed by atoms with E-state index in [1.165, 1.54) is 0 Å². The SMILES string of the molecule is CCn1nccc1-c1ccc(CNC(=O)C2CC(O)CN2C(=O)C(C)C(C)C)c(OCCN2CCN(C)CC2)c1. The minimum atomic E-state index is -0.699. The van der Waals surface area contributed by atoms with E-state index in [1.54, 1.807) is 11.1 Å². The molecule has 1 aromatic carbocycles. The van der Waals surface area contributed by atoms with Gasteiger partial charge in [-0.15, -0.1) is 0 Å². The molecular weight excluding hydrogens is 508 g/mol. The predicted molar refractivity (Wildman–Crippen MR) is 155 cm³/mol. The maximum absolute atomic E-state index is 13.3. The summed E-state index contributed by atoms with van der Waals surface area (Å²) in [6, 6.07) is 7.35. The smallest absolute Gasteiger partial charge is 0.243 e. The van der Waals surface area contributed by atoms with Crippen molar-refractivity contribution >= 4 is 11.8 Å². The number of rotatable bonds is 11. The van der Waals surface area contributed by atoms with E-state index in [2.05, 4.69) is 34.2 Å². The van der Waals surface area contributed by atoms with Crippen LogP contribution in [0.5, 0.6) is 5.75 Å². The Morgan fingerprint density at radius 1 is 1.15 bits per heavy atom. The second-order valence-electron chi connectivity index (χ2n) is 11.5. The molecule has 2 aliphatic heterocycles. The fraction of sp³-hybridized carbons (Fsp3) is 0.633. The van der Waals surface area contributed by atoms with Gasteiger partial charge in [-0.2, -0.15) is 5.10 Å². The van der Waals surface area contributed by atoms with Crippen LogP contribution in [0.15, 0.2) is 30.5 Å². The maximum Gasteiger partial charge on any atom is 0.243 e. The number of aryl methyl sites for hydroxylation is 1. The van der Waals surface area contributed by atoms with Crippen molar-refractivity contribution in [1.29, 1.82) is 0 Å². The quantitative estimate of drug-likeness (QED) is 0.438. The molecule has 3 atom stereocenters. The number of piperazine rings is 1. The molecule has 0 bridgehead atoms. The van der Waals surface area contributed by atoms with Gasteiger partial charge in [-0.3, -0.25) is 19.2 Å². The van der Waals surface area contributed by atoms with Gasteiger partial charge < -0.3 is 25.0 Å². The molecule has 0 radical (unpaired) electrons. The Morgan fingerprint density at radius 2 is 1.90 bits per heavy atom. The van der Waals surface area contributed by atoms with Gasteiger partial charge in [0, 0.05) is 82.0 Å². The number of carbonyl (C=O) groups excluding carboxylic acids is 2. The van der Waals surface area contributed by atoms with Crippen LogP contribution in [-0.4, -0.2) is 106 Å². The highest BCUT2D eigenvalue weighted by atomic mass is 16.5. The summed E-state index contributed by atoms with van der Waals surface area (Å²) < 4.78 is 8.27. The number of aliphatic hydroxyl groups excluding tert-OH is 1. The van der Waals surface area contributed by atoms with Crippen LogP contribution in [0.25, 0.3) is 11.3 Å². The summed E-state index contributed by atoms with van der Waals surface area (Å²) in [7, 11) is 2.15. The highest BCUT2D eigenvalue weighted by Gasteiger charge is 2.40. The zero-order valence-electron chi connectivity index (χ0n) is 24.7. The molecule has 0 saturated carbocycles. The van der Waals surface area contributed by atoms with E-state index in [0.717, 1.165) is 61.8 Å². The highest BCUT2D eigenvalue weighted by molar-refractivity contribution is 5.89. The van der Waals surface area contributed by atoms with Crippen molar-refractivity contribution in [2.75, 3.05) is 52.9 Å². The second-order valence-corrected chi connectivity index (χ2v) is 11.5. The van der Waals surface area contributed by atoms with E-state index in [9.17, 15) is 14.7 Å². The molecule has 2 aliphatic rings. The molecule has 2 aromatic rings. The lowest BCUT2D eigenvalue weighted by atomic mass is 9.96. The third-order valence-corrected chi connectivity index (χ3v) is 8.35. The average Bonchev–Trinajstić information content (AvgIpc) is 3.59. The lowest BCUT2D eigenvalue weighted by Crippen LogP contribution is -2.48. The Balaban J connectivity index is 1.46. The van der Waals surface area contributed by atoms with Gasteiger partial charge in [-0.05, 0) is 32.0 Å². The van der Waals surface area contributed by atoms with Gasteiger partial charge in [0.2, 0.25) is 11.8 Å². The minimum Gasteiger partial charge on any atom is -0.492 e. The van der Waals surface area contributed by atoms with Gasteiger partial charge >= 0.3 is 0 Å². The van der Waals surface area contributed by atoms with Crippen molar-refractivity contribution in [2.45, 2.75) is 59.4 Å². The average molecular weight is 555 g/mol. The number of nitrogens with one attached hydrogen (secondary N) is 1. The number of hydrogen-bond donors (Lipinski definition) is 2. The van der Waals surface area contributed by atoms with E-state index in [0.29, 0.717) is 6.61 Å². The molecule has 2 fully saturated rings. The summed E-state index contributed by atoms with van der Waals surface area (Å²) in [5, 5.41) is 17.7. The van der Waals surface area contributed by atoms with Crippen LogP contribution in [0, 0.1) is 11.8 Å². The molecule has 4 rings (SSSR count). The molecule has 1 aromatic heterocycles. The van der Waals surface area contributed by atoms with Crippen molar-refractivity contribution in [2.24, 2.45) is 11.8 Å². The van der Waals surface area contributed by atoms with E-state index in [4.69, 9.17) is 4.74 Å². The van der Waals surface area contributed by atoms with Gasteiger partial charge in [-0.1, -0.05) is 32.9 Å². The van der Waals surface area contributed by atoms with Gasteiger partial charge in [0.05, 0.1) is 11.8 Å². The van der Waals surface area contributed by atoms with Gasteiger partial charge in [0.1, 0.15) is 18.4 Å². The predicted octanol–water partition coefficient (Wildman–Crippen LogP) is 2.07. The van der Waals surface area contributed by atoms with Crippen LogP contribution in [-0.2, 0) is 22.7 Å². The number of nitrogens with zero attached hydrogens (tertiary/aromatic N) is 5. The molecule has 40 heavy (non-hydrogen) atoms. The number of ether oxygens (including phenoxy) is 1. The van der Waals surface area contributed by atoms with Gasteiger partial charge in [0.25, 0.3) is 0 Å². The van der Waals surface area contributed by atoms with E-state index < -0.39 is 12.1 Å². The molecule has 3 unspecified atom stereocenters. The zero-order chi connectivity index (χ0) is 28.8. The number of likely N-dealkylation sites (tertiary alicyclic amines) is 1. The first-order valence-corrected chi connectivity index (χ1v) is 14.6. The van der Waals surface area contributed by atoms with Gasteiger partial charge in [-0.25, -0.2) is 0 Å². The van der Waals surface area contributed by atoms with Crippen molar-refractivity contribution in [3.8, 4) is 17.0 Å². The summed E-state index contributed by atoms with van der Waals surface area (Å²) in [6.45, 7) is 14.7. The first-order valence-electron chi connectivity index (χ1n) is 14.6. The van der Waals surface area contributed by atoms with Crippen LogP contribution in [0.4, 0.5) is 0 Å². The largest absolute Gasteiger partial charge is 0.492 e. The highest BCUT2D eigenvalue weighted by Crippen LogP contribution is 2.28. The first kappa shape index (κ1) is 30.0. The maximum atomic E-state index is 13.3. The standard InChI is InChI=1S/C30H46N6O4/c1-6-36-26(9-10-32-36)23-7-8-24(28(17-23)40-16-15-34-13-11-33(5)12-14-34)19-31-29(38)27-18-25(37)20-35(27)30(39)22(4)21(2)3/h7-10,17,21-22,25,27,37H,6,11-16,18-20H2,1-5H3,(H,31,38). The molecule has 220 valence electrons. The Kier molecular flexibility index (Phi) is 10.2. The zero-order valence-corrected chi connectivity index (χ0v) is 24.7. The fourth-order valence-electron chi connectivity index (χ4n) is 5.33. The van der Waals surface area contributed by atoms with Crippen LogP contribution in [0.1, 0.15) is 39.7 Å². The summed E-state index contributed by atoms with van der Waals surface area (Å²) in [6.07, 6.45) is 1.34. The normalized spacial score (nSPS) is 21.1. The molecule has 10 heteroatoms. The lowest BCUT2D eigenvalue weighted by Gasteiger charge is -2.32. The third kappa shape index (κ3) is 7.21. The van der Waals surface area contributed by atoms with E-state index in [-0.39, 0.29) is 43.2 Å². The molecule has 3 heterocycles. The lowest BCUT2D eigenvalue weighted by molar-refractivity contribution is -0.142. The molecule has 0 spiro atoms. The number of likely N-dealkylation sites (N-methyl/N-ethyl adjacent to an activating group) is 1. The number of carbonyl (C=O) groups is 2. The van der Waals surface area contributed by atoms with Gasteiger partial charge in [0.15, 0.2) is 0 Å². The number of β-amino-alcohol motifs (C(OH)–C–C–N with tert-alkyl or cyclic N) is 1. The number of aliphatic hydroxyl groups is 1. The minimum absolute atomic E-state index is 0.0866. The Morgan fingerprint density at radius 3 is 2.60 bits per heavy atom. The van der Waals surface area contributed by atoms with Crippen molar-refractivity contribution < 1.29 is 19.4 Å². The van der Waals surface area contributed by atoms with Crippen LogP contribution in [0.2, 0.25) is 0 Å². The van der Waals surface area contributed by atoms with Crippen molar-refractivity contribution in [3.63, 3.8) is 0 Å². The molecule has 2 amide bonds. The third-order valence-electron chi connectivity index (χ3n) is 8.35. The van der Waals surface area contributed by atoms with Crippen LogP contribution >= 0.6 is 0 Å². The van der Waals surface area contributed by atoms with E-state index >= 15 is 0 Å². The molecule has 10 nitrogen and oxygen atoms in total. The van der Waals surface area contributed by atoms with Crippen LogP contribution < -0.4 is 10.1 Å². The number of hydrogen-bond acceptors (Lipinski definition) is 7. The summed E-state index contributed by atoms with van der Waals surface area (Å²) in [5.74, 6) is 0.324. The summed E-state index contributed by atoms with van der Waals surface area (Å²) in [5.41, 5.74) is 2.88. The number of aromatic nitrogens is 2. The van der Waals surface area contributed by atoms with E-state index in [1.807, 2.05) is 49.7 Å². The second kappa shape index (κ2) is 13.6. The Bertz CT molecular complexity index is 1140. The first-order chi connectivity index (χ1) is 19.2. The fourth-order valence-corrected chi connectivity index (χ4v) is 5.33. The summed E-state index contributed by atoms with van der Waals surface area (Å²) in [4.78, 5) is 32.6. The Hall–Kier alpha value is -2.95. The topological polar surface area (TPSA) is 103 Å². The van der Waals surface area contributed by atoms with Crippen molar-refractivity contribution in [1.82, 2.24) is 29.8 Å².